The molecule has 0 N–H and O–H groups in total. The van der Waals surface area contributed by atoms with E-state index in [9.17, 15) is 10.1 Å². The van der Waals surface area contributed by atoms with Gasteiger partial charge in [0.2, 0.25) is 0 Å². The number of rotatable bonds is 5. The summed E-state index contributed by atoms with van der Waals surface area (Å²) in [6, 6.07) is 17.5. The number of benzene rings is 1. The summed E-state index contributed by atoms with van der Waals surface area (Å²) in [6.07, 6.45) is 3.34. The highest BCUT2D eigenvalue weighted by Crippen LogP contribution is 2.30. The smallest absolute Gasteiger partial charge is 0.258 e. The summed E-state index contributed by atoms with van der Waals surface area (Å²) < 4.78 is 4.48. The molecule has 3 aromatic rings. The van der Waals surface area contributed by atoms with Crippen LogP contribution in [-0.2, 0) is 0 Å². The lowest BCUT2D eigenvalue weighted by molar-refractivity contribution is -0.387. The van der Waals surface area contributed by atoms with E-state index in [1.807, 2.05) is 36.4 Å². The quantitative estimate of drug-likeness (QED) is 0.305. The third-order valence-corrected chi connectivity index (χ3v) is 3.93. The summed E-state index contributed by atoms with van der Waals surface area (Å²) in [4.78, 5) is 19.8. The van der Waals surface area contributed by atoms with Gasteiger partial charge in [0.15, 0.2) is 0 Å². The Balaban J connectivity index is 2.01. The van der Waals surface area contributed by atoms with E-state index in [1.165, 1.54) is 6.07 Å². The van der Waals surface area contributed by atoms with Gasteiger partial charge >= 0.3 is 0 Å². The van der Waals surface area contributed by atoms with Gasteiger partial charge in [-0.2, -0.15) is 0 Å². The first-order valence-electron chi connectivity index (χ1n) is 7.07. The maximum absolute atomic E-state index is 11.1. The Bertz CT molecular complexity index is 829. The molecule has 0 amide bonds. The van der Waals surface area contributed by atoms with Gasteiger partial charge < -0.3 is 0 Å². The fourth-order valence-corrected chi connectivity index (χ4v) is 2.76. The number of hydrogen-bond donors (Lipinski definition) is 0. The molecule has 3 rings (SSSR count). The number of nitro benzene ring substituents is 1. The maximum atomic E-state index is 11.1. The van der Waals surface area contributed by atoms with Crippen LogP contribution in [0.4, 0.5) is 5.69 Å². The van der Waals surface area contributed by atoms with E-state index in [4.69, 9.17) is 0 Å². The molecule has 0 aliphatic carbocycles. The Morgan fingerprint density at radius 3 is 2.04 bits per heavy atom. The predicted octanol–water partition coefficient (Wildman–Crippen LogP) is 3.93. The molecule has 0 saturated heterocycles. The van der Waals surface area contributed by atoms with Gasteiger partial charge in [-0.05, 0) is 30.3 Å². The average Bonchev–Trinajstić information content (AvgIpc) is 2.64. The number of nitro groups is 1. The second kappa shape index (κ2) is 7.47. The molecule has 118 valence electrons. The van der Waals surface area contributed by atoms with Crippen molar-refractivity contribution in [2.24, 2.45) is 4.40 Å². The first-order valence-corrected chi connectivity index (χ1v) is 7.84. The van der Waals surface area contributed by atoms with Crippen molar-refractivity contribution >= 4 is 23.3 Å². The molecule has 6 nitrogen and oxygen atoms in total. The number of nitrogens with zero attached hydrogens (tertiary/aromatic N) is 4. The SMILES string of the molecule is O=[N+]([O-])c1ccccc1SN=C(c1ccccn1)c1ccccn1. The third-order valence-electron chi connectivity index (χ3n) is 3.11. The van der Waals surface area contributed by atoms with Crippen LogP contribution in [-0.4, -0.2) is 20.6 Å². The molecule has 0 atom stereocenters. The van der Waals surface area contributed by atoms with E-state index in [-0.39, 0.29) is 5.69 Å². The fraction of sp³-hybridized carbons (Fsp3) is 0. The molecule has 0 aliphatic heterocycles. The van der Waals surface area contributed by atoms with Crippen LogP contribution in [0, 0.1) is 10.1 Å². The molecular weight excluding hydrogens is 324 g/mol. The molecular formula is C17H12N4O2S. The van der Waals surface area contributed by atoms with Gasteiger partial charge in [-0.15, -0.1) is 0 Å². The number of hydrogen-bond acceptors (Lipinski definition) is 6. The van der Waals surface area contributed by atoms with Crippen LogP contribution >= 0.6 is 11.9 Å². The van der Waals surface area contributed by atoms with Crippen LogP contribution in [0.15, 0.2) is 82.4 Å². The van der Waals surface area contributed by atoms with Gasteiger partial charge in [0.05, 0.1) is 16.3 Å². The molecule has 0 saturated carbocycles. The Morgan fingerprint density at radius 1 is 0.917 bits per heavy atom. The lowest BCUT2D eigenvalue weighted by atomic mass is 10.1. The van der Waals surface area contributed by atoms with Gasteiger partial charge in [0, 0.05) is 30.4 Å². The second-order valence-electron chi connectivity index (χ2n) is 4.69. The van der Waals surface area contributed by atoms with E-state index in [0.717, 1.165) is 11.9 Å². The monoisotopic (exact) mass is 336 g/mol. The van der Waals surface area contributed by atoms with Gasteiger partial charge in [0.25, 0.3) is 5.69 Å². The van der Waals surface area contributed by atoms with Crippen molar-refractivity contribution in [3.63, 3.8) is 0 Å². The van der Waals surface area contributed by atoms with Crippen LogP contribution in [0.5, 0.6) is 0 Å². The average molecular weight is 336 g/mol. The minimum atomic E-state index is -0.418. The van der Waals surface area contributed by atoms with Gasteiger partial charge in [-0.3, -0.25) is 20.1 Å². The van der Waals surface area contributed by atoms with Gasteiger partial charge in [0.1, 0.15) is 10.6 Å². The van der Waals surface area contributed by atoms with Crippen molar-refractivity contribution in [3.05, 3.63) is 94.6 Å². The summed E-state index contributed by atoms with van der Waals surface area (Å²) in [5, 5.41) is 11.1. The Labute approximate surface area is 142 Å². The summed E-state index contributed by atoms with van der Waals surface area (Å²) in [5.41, 5.74) is 1.90. The van der Waals surface area contributed by atoms with Crippen LogP contribution in [0.2, 0.25) is 0 Å². The van der Waals surface area contributed by atoms with Crippen molar-refractivity contribution < 1.29 is 4.92 Å². The zero-order valence-electron chi connectivity index (χ0n) is 12.4. The number of pyridine rings is 2. The lowest BCUT2D eigenvalue weighted by Gasteiger charge is -2.05. The Kier molecular flexibility index (Phi) is 4.93. The summed E-state index contributed by atoms with van der Waals surface area (Å²) in [7, 11) is 0. The van der Waals surface area contributed by atoms with Crippen LogP contribution < -0.4 is 0 Å². The molecule has 0 radical (unpaired) electrons. The topological polar surface area (TPSA) is 81.3 Å². The molecule has 2 heterocycles. The first-order chi connectivity index (χ1) is 11.8. The van der Waals surface area contributed by atoms with Crippen LogP contribution in [0.3, 0.4) is 0 Å². The van der Waals surface area contributed by atoms with Crippen molar-refractivity contribution in [3.8, 4) is 0 Å². The molecule has 2 aromatic heterocycles. The Hall–Kier alpha value is -3.06. The molecule has 0 bridgehead atoms. The van der Waals surface area contributed by atoms with Crippen LogP contribution in [0.25, 0.3) is 0 Å². The summed E-state index contributed by atoms with van der Waals surface area (Å²) in [6.45, 7) is 0. The lowest BCUT2D eigenvalue weighted by Crippen LogP contribution is -2.06. The minimum Gasteiger partial charge on any atom is -0.258 e. The van der Waals surface area contributed by atoms with E-state index in [2.05, 4.69) is 14.4 Å². The first kappa shape index (κ1) is 15.8. The highest BCUT2D eigenvalue weighted by Gasteiger charge is 2.15. The minimum absolute atomic E-state index is 0.0210. The summed E-state index contributed by atoms with van der Waals surface area (Å²) >= 11 is 1.04. The van der Waals surface area contributed by atoms with Crippen molar-refractivity contribution in [2.75, 3.05) is 0 Å². The number of para-hydroxylation sites is 1. The predicted molar refractivity (Wildman–Crippen MR) is 93.1 cm³/mol. The second-order valence-corrected chi connectivity index (χ2v) is 5.49. The largest absolute Gasteiger partial charge is 0.284 e. The molecule has 0 fully saturated rings. The number of aromatic nitrogens is 2. The normalized spacial score (nSPS) is 10.2. The highest BCUT2D eigenvalue weighted by molar-refractivity contribution is 7.98. The summed E-state index contributed by atoms with van der Waals surface area (Å²) in [5.74, 6) is 0. The zero-order chi connectivity index (χ0) is 16.8. The zero-order valence-corrected chi connectivity index (χ0v) is 13.3. The molecule has 0 unspecified atom stereocenters. The third kappa shape index (κ3) is 3.64. The molecule has 0 spiro atoms. The Morgan fingerprint density at radius 2 is 1.50 bits per heavy atom. The van der Waals surface area contributed by atoms with E-state index >= 15 is 0 Å². The van der Waals surface area contributed by atoms with Gasteiger partial charge in [-0.25, -0.2) is 4.40 Å². The van der Waals surface area contributed by atoms with Crippen molar-refractivity contribution in [2.45, 2.75) is 4.90 Å². The van der Waals surface area contributed by atoms with Crippen LogP contribution in [0.1, 0.15) is 11.4 Å². The highest BCUT2D eigenvalue weighted by atomic mass is 32.2. The molecule has 1 aromatic carbocycles. The molecule has 0 aliphatic rings. The van der Waals surface area contributed by atoms with Gasteiger partial charge in [-0.1, -0.05) is 24.3 Å². The fourth-order valence-electron chi connectivity index (χ4n) is 2.01. The standard InChI is InChI=1S/C17H12N4O2S/c22-21(23)15-9-1-2-10-16(15)24-20-17(13-7-3-5-11-18-13)14-8-4-6-12-19-14/h1-12H. The molecule has 7 heteroatoms. The van der Waals surface area contributed by atoms with Crippen molar-refractivity contribution in [1.29, 1.82) is 0 Å². The van der Waals surface area contributed by atoms with Crippen molar-refractivity contribution in [1.82, 2.24) is 9.97 Å². The van der Waals surface area contributed by atoms with E-state index in [1.54, 1.807) is 30.6 Å². The van der Waals surface area contributed by atoms with E-state index < -0.39 is 4.92 Å². The molecule has 24 heavy (non-hydrogen) atoms. The maximum Gasteiger partial charge on any atom is 0.284 e. The van der Waals surface area contributed by atoms with E-state index in [0.29, 0.717) is 22.0 Å².